The number of carbonyl (C=O) groups is 1. The number of carbonyl (C=O) groups excluding carboxylic acids is 1. The molecule has 1 heterocycles. The molecule has 0 aromatic carbocycles. The van der Waals surface area contributed by atoms with Crippen LogP contribution in [0, 0.1) is 0 Å². The summed E-state index contributed by atoms with van der Waals surface area (Å²) in [4.78, 5) is 15.2. The summed E-state index contributed by atoms with van der Waals surface area (Å²) in [6, 6.07) is -0.00815. The molecule has 1 atom stereocenters. The summed E-state index contributed by atoms with van der Waals surface area (Å²) in [5.74, 6) is 0.0646. The van der Waals surface area contributed by atoms with Gasteiger partial charge in [0.1, 0.15) is 0 Å². The summed E-state index contributed by atoms with van der Waals surface area (Å²) in [7, 11) is 0. The van der Waals surface area contributed by atoms with Gasteiger partial charge in [0.15, 0.2) is 0 Å². The predicted molar refractivity (Wildman–Crippen MR) is 50.4 cm³/mol. The Morgan fingerprint density at radius 3 is 2.69 bits per heavy atom. The molecule has 0 spiro atoms. The molecule has 0 aromatic heterocycles. The van der Waals surface area contributed by atoms with Crippen LogP contribution >= 0.6 is 0 Å². The standard InChI is InChI=1S/C9H18N2O2/c1-3-10-4-5-11(8(2)13)9(6-10)7-12/h9,12H,3-7H2,1-2H3/t9-/m1/s1. The second-order valence-electron chi connectivity index (χ2n) is 3.44. The van der Waals surface area contributed by atoms with Crippen molar-refractivity contribution >= 4 is 5.91 Å². The normalized spacial score (nSPS) is 24.8. The van der Waals surface area contributed by atoms with Crippen molar-refractivity contribution in [3.05, 3.63) is 0 Å². The third kappa shape index (κ3) is 2.42. The van der Waals surface area contributed by atoms with E-state index in [4.69, 9.17) is 5.11 Å². The van der Waals surface area contributed by atoms with Crippen molar-refractivity contribution in [2.45, 2.75) is 19.9 Å². The van der Waals surface area contributed by atoms with Crippen LogP contribution in [0.1, 0.15) is 13.8 Å². The molecular formula is C9H18N2O2. The van der Waals surface area contributed by atoms with E-state index in [1.807, 2.05) is 0 Å². The number of piperazine rings is 1. The quantitative estimate of drug-likeness (QED) is 0.634. The van der Waals surface area contributed by atoms with E-state index in [9.17, 15) is 4.79 Å². The summed E-state index contributed by atoms with van der Waals surface area (Å²) >= 11 is 0. The van der Waals surface area contributed by atoms with Crippen molar-refractivity contribution in [1.29, 1.82) is 0 Å². The number of rotatable bonds is 2. The fourth-order valence-electron chi connectivity index (χ4n) is 1.78. The van der Waals surface area contributed by atoms with Crippen molar-refractivity contribution in [2.75, 3.05) is 32.8 Å². The smallest absolute Gasteiger partial charge is 0.219 e. The van der Waals surface area contributed by atoms with Crippen LogP contribution in [0.4, 0.5) is 0 Å². The summed E-state index contributed by atoms with van der Waals surface area (Å²) in [5.41, 5.74) is 0. The number of aliphatic hydroxyl groups is 1. The molecule has 0 radical (unpaired) electrons. The van der Waals surface area contributed by atoms with E-state index in [1.54, 1.807) is 11.8 Å². The van der Waals surface area contributed by atoms with Gasteiger partial charge in [-0.1, -0.05) is 6.92 Å². The van der Waals surface area contributed by atoms with Crippen LogP contribution in [0.2, 0.25) is 0 Å². The second-order valence-corrected chi connectivity index (χ2v) is 3.44. The lowest BCUT2D eigenvalue weighted by atomic mass is 10.2. The van der Waals surface area contributed by atoms with Crippen molar-refractivity contribution in [3.8, 4) is 0 Å². The Balaban J connectivity index is 2.55. The van der Waals surface area contributed by atoms with Gasteiger partial charge in [-0.05, 0) is 6.54 Å². The van der Waals surface area contributed by atoms with Gasteiger partial charge in [-0.25, -0.2) is 0 Å². The molecule has 1 rings (SSSR count). The number of aliphatic hydroxyl groups excluding tert-OH is 1. The fourth-order valence-corrected chi connectivity index (χ4v) is 1.78. The SMILES string of the molecule is CCN1CCN(C(C)=O)[C@@H](CO)C1. The zero-order valence-corrected chi connectivity index (χ0v) is 8.36. The maximum atomic E-state index is 11.2. The Kier molecular flexibility index (Phi) is 3.69. The summed E-state index contributed by atoms with van der Waals surface area (Å²) in [6.07, 6.45) is 0. The third-order valence-corrected chi connectivity index (χ3v) is 2.63. The highest BCUT2D eigenvalue weighted by molar-refractivity contribution is 5.73. The Morgan fingerprint density at radius 1 is 1.54 bits per heavy atom. The molecular weight excluding hydrogens is 168 g/mol. The van der Waals surface area contributed by atoms with Crippen LogP contribution in [-0.2, 0) is 4.79 Å². The van der Waals surface area contributed by atoms with Gasteiger partial charge in [-0.3, -0.25) is 9.69 Å². The molecule has 1 amide bonds. The van der Waals surface area contributed by atoms with Gasteiger partial charge in [0, 0.05) is 26.6 Å². The van der Waals surface area contributed by atoms with Crippen molar-refractivity contribution in [3.63, 3.8) is 0 Å². The highest BCUT2D eigenvalue weighted by Crippen LogP contribution is 2.09. The highest BCUT2D eigenvalue weighted by atomic mass is 16.3. The molecule has 4 nitrogen and oxygen atoms in total. The van der Waals surface area contributed by atoms with Gasteiger partial charge in [0.2, 0.25) is 5.91 Å². The zero-order chi connectivity index (χ0) is 9.84. The molecule has 0 saturated carbocycles. The molecule has 0 aliphatic carbocycles. The van der Waals surface area contributed by atoms with E-state index in [-0.39, 0.29) is 18.6 Å². The zero-order valence-electron chi connectivity index (χ0n) is 8.36. The lowest BCUT2D eigenvalue weighted by Gasteiger charge is -2.39. The number of hydrogen-bond donors (Lipinski definition) is 1. The Morgan fingerprint density at radius 2 is 2.23 bits per heavy atom. The van der Waals surface area contributed by atoms with E-state index in [0.717, 1.165) is 26.2 Å². The number of amides is 1. The predicted octanol–water partition coefficient (Wildman–Crippen LogP) is -0.469. The summed E-state index contributed by atoms with van der Waals surface area (Å²) in [6.45, 7) is 7.17. The number of hydrogen-bond acceptors (Lipinski definition) is 3. The van der Waals surface area contributed by atoms with Gasteiger partial charge in [-0.2, -0.15) is 0 Å². The van der Waals surface area contributed by atoms with Crippen molar-refractivity contribution < 1.29 is 9.90 Å². The number of likely N-dealkylation sites (N-methyl/N-ethyl adjacent to an activating group) is 1. The van der Waals surface area contributed by atoms with Gasteiger partial charge in [0.05, 0.1) is 12.6 Å². The van der Waals surface area contributed by atoms with Gasteiger partial charge < -0.3 is 10.0 Å². The Bertz CT molecular complexity index is 184. The van der Waals surface area contributed by atoms with Crippen molar-refractivity contribution in [1.82, 2.24) is 9.80 Å². The molecule has 1 saturated heterocycles. The first-order valence-corrected chi connectivity index (χ1v) is 4.79. The van der Waals surface area contributed by atoms with Crippen LogP contribution < -0.4 is 0 Å². The first kappa shape index (κ1) is 10.5. The summed E-state index contributed by atoms with van der Waals surface area (Å²) < 4.78 is 0. The first-order chi connectivity index (χ1) is 6.19. The minimum atomic E-state index is -0.00815. The minimum absolute atomic E-state index is 0.00815. The largest absolute Gasteiger partial charge is 0.394 e. The topological polar surface area (TPSA) is 43.8 Å². The van der Waals surface area contributed by atoms with Crippen LogP contribution in [0.15, 0.2) is 0 Å². The van der Waals surface area contributed by atoms with Crippen LogP contribution in [0.25, 0.3) is 0 Å². The highest BCUT2D eigenvalue weighted by Gasteiger charge is 2.26. The molecule has 1 aliphatic rings. The monoisotopic (exact) mass is 186 g/mol. The maximum absolute atomic E-state index is 11.2. The first-order valence-electron chi connectivity index (χ1n) is 4.79. The van der Waals surface area contributed by atoms with E-state index in [0.29, 0.717) is 0 Å². The molecule has 1 fully saturated rings. The molecule has 4 heteroatoms. The third-order valence-electron chi connectivity index (χ3n) is 2.63. The molecule has 76 valence electrons. The van der Waals surface area contributed by atoms with E-state index >= 15 is 0 Å². The molecule has 0 unspecified atom stereocenters. The second kappa shape index (κ2) is 4.58. The molecule has 0 bridgehead atoms. The van der Waals surface area contributed by atoms with E-state index in [2.05, 4.69) is 11.8 Å². The van der Waals surface area contributed by atoms with Gasteiger partial charge >= 0.3 is 0 Å². The maximum Gasteiger partial charge on any atom is 0.219 e. The summed E-state index contributed by atoms with van der Waals surface area (Å²) in [5, 5.41) is 9.10. The molecule has 1 N–H and O–H groups in total. The van der Waals surface area contributed by atoms with E-state index < -0.39 is 0 Å². The minimum Gasteiger partial charge on any atom is -0.394 e. The average Bonchev–Trinajstić information content (AvgIpc) is 2.16. The Hall–Kier alpha value is -0.610. The molecule has 0 aromatic rings. The van der Waals surface area contributed by atoms with Gasteiger partial charge in [-0.15, -0.1) is 0 Å². The molecule has 1 aliphatic heterocycles. The van der Waals surface area contributed by atoms with Crippen molar-refractivity contribution in [2.24, 2.45) is 0 Å². The lowest BCUT2D eigenvalue weighted by molar-refractivity contribution is -0.134. The lowest BCUT2D eigenvalue weighted by Crippen LogP contribution is -2.55. The van der Waals surface area contributed by atoms with Crippen LogP contribution in [0.3, 0.4) is 0 Å². The van der Waals surface area contributed by atoms with Gasteiger partial charge in [0.25, 0.3) is 0 Å². The van der Waals surface area contributed by atoms with E-state index in [1.165, 1.54) is 0 Å². The average molecular weight is 186 g/mol. The molecule has 13 heavy (non-hydrogen) atoms. The Labute approximate surface area is 79.1 Å². The van der Waals surface area contributed by atoms with Crippen LogP contribution in [-0.4, -0.2) is 59.6 Å². The fraction of sp³-hybridized carbons (Fsp3) is 0.889. The van der Waals surface area contributed by atoms with Crippen LogP contribution in [0.5, 0.6) is 0 Å². The number of nitrogens with zero attached hydrogens (tertiary/aromatic N) is 2.